The molecule has 2 rings (SSSR count). The maximum Gasteiger partial charge on any atom is 0.145 e. The molecule has 0 unspecified atom stereocenters. The predicted octanol–water partition coefficient (Wildman–Crippen LogP) is 1.43. The zero-order chi connectivity index (χ0) is 7.68. The second kappa shape index (κ2) is 2.42. The highest BCUT2D eigenvalue weighted by Crippen LogP contribution is 2.26. The van der Waals surface area contributed by atoms with Crippen molar-refractivity contribution in [2.24, 2.45) is 0 Å². The molecule has 1 heterocycles. The Hall–Kier alpha value is -1.25. The number of benzene rings is 1. The number of nitrogens with one attached hydrogen (secondary N) is 1. The number of halogens is 1. The summed E-state index contributed by atoms with van der Waals surface area (Å²) < 4.78 is 17.7. The molecule has 1 aromatic carbocycles. The van der Waals surface area contributed by atoms with Gasteiger partial charge < -0.3 is 10.1 Å². The van der Waals surface area contributed by atoms with Crippen LogP contribution in [0.3, 0.4) is 0 Å². The van der Waals surface area contributed by atoms with E-state index in [2.05, 4.69) is 11.4 Å². The lowest BCUT2D eigenvalue weighted by molar-refractivity contribution is 0.321. The maximum absolute atomic E-state index is 12.5. The Morgan fingerprint density at radius 3 is 3.45 bits per heavy atom. The Labute approximate surface area is 64.0 Å². The summed E-state index contributed by atoms with van der Waals surface area (Å²) in [6, 6.07) is 5.34. The average molecular weight is 152 g/mol. The number of hydrogen-bond donors (Lipinski definition) is 1. The Kier molecular flexibility index (Phi) is 1.42. The van der Waals surface area contributed by atoms with Crippen molar-refractivity contribution in [3.05, 3.63) is 24.0 Å². The van der Waals surface area contributed by atoms with Gasteiger partial charge in [0.2, 0.25) is 0 Å². The van der Waals surface area contributed by atoms with Crippen molar-refractivity contribution in [2.75, 3.05) is 18.5 Å². The molecule has 3 heteroatoms. The third-order valence-electron chi connectivity index (χ3n) is 1.55. The van der Waals surface area contributed by atoms with Gasteiger partial charge in [0.25, 0.3) is 0 Å². The van der Waals surface area contributed by atoms with Crippen molar-refractivity contribution in [2.45, 2.75) is 0 Å². The number of rotatable bonds is 0. The van der Waals surface area contributed by atoms with Crippen LogP contribution in [0.4, 0.5) is 10.1 Å². The van der Waals surface area contributed by atoms with E-state index in [0.29, 0.717) is 12.4 Å². The molecule has 0 atom stereocenters. The molecular formula is C8H7FNO. The van der Waals surface area contributed by atoms with Crippen molar-refractivity contribution in [1.82, 2.24) is 0 Å². The third kappa shape index (κ3) is 1.13. The summed E-state index contributed by atoms with van der Waals surface area (Å²) in [5.74, 6) is 0.194. The highest BCUT2D eigenvalue weighted by molar-refractivity contribution is 5.57. The molecular weight excluding hydrogens is 145 g/mol. The van der Waals surface area contributed by atoms with Gasteiger partial charge in [-0.25, -0.2) is 4.39 Å². The van der Waals surface area contributed by atoms with Gasteiger partial charge in [-0.15, -0.1) is 0 Å². The molecule has 1 N–H and O–H groups in total. The average Bonchev–Trinajstić information content (AvgIpc) is 2.04. The standard InChI is InChI=1S/C8H7FNO/c9-6-1-2-7-8(5-6)11-4-3-10-7/h2,5,10H,3-4H2. The zero-order valence-corrected chi connectivity index (χ0v) is 5.86. The molecule has 0 bridgehead atoms. The Morgan fingerprint density at radius 1 is 1.64 bits per heavy atom. The summed E-state index contributed by atoms with van der Waals surface area (Å²) >= 11 is 0. The van der Waals surface area contributed by atoms with Gasteiger partial charge in [0.05, 0.1) is 5.69 Å². The summed E-state index contributed by atoms with van der Waals surface area (Å²) in [6.07, 6.45) is 0. The van der Waals surface area contributed by atoms with Crippen LogP contribution in [-0.4, -0.2) is 13.2 Å². The van der Waals surface area contributed by atoms with Crippen molar-refractivity contribution < 1.29 is 9.13 Å². The minimum atomic E-state index is -0.382. The van der Waals surface area contributed by atoms with E-state index >= 15 is 0 Å². The van der Waals surface area contributed by atoms with Gasteiger partial charge in [0.1, 0.15) is 18.2 Å². The highest BCUT2D eigenvalue weighted by atomic mass is 19.1. The first-order valence-electron chi connectivity index (χ1n) is 3.44. The maximum atomic E-state index is 12.5. The fourth-order valence-electron chi connectivity index (χ4n) is 1.05. The fourth-order valence-corrected chi connectivity index (χ4v) is 1.05. The SMILES string of the molecule is Fc1[c]cc2c(c1)OCCN2. The molecule has 2 nitrogen and oxygen atoms in total. The molecule has 1 aliphatic heterocycles. The van der Waals surface area contributed by atoms with E-state index in [1.165, 1.54) is 6.07 Å². The first-order valence-corrected chi connectivity index (χ1v) is 3.44. The molecule has 11 heavy (non-hydrogen) atoms. The Balaban J connectivity index is 2.43. The minimum absolute atomic E-state index is 0.382. The second-order valence-electron chi connectivity index (χ2n) is 2.33. The normalized spacial score (nSPS) is 14.6. The van der Waals surface area contributed by atoms with E-state index in [1.54, 1.807) is 6.07 Å². The molecule has 1 aliphatic rings. The molecule has 0 saturated carbocycles. The van der Waals surface area contributed by atoms with Gasteiger partial charge in [-0.1, -0.05) is 0 Å². The number of anilines is 1. The number of fused-ring (bicyclic) bond motifs is 1. The topological polar surface area (TPSA) is 21.3 Å². The lowest BCUT2D eigenvalue weighted by Crippen LogP contribution is -2.17. The summed E-state index contributed by atoms with van der Waals surface area (Å²) in [5.41, 5.74) is 0.817. The van der Waals surface area contributed by atoms with E-state index in [-0.39, 0.29) is 5.82 Å². The quantitative estimate of drug-likeness (QED) is 0.607. The van der Waals surface area contributed by atoms with E-state index < -0.39 is 0 Å². The molecule has 57 valence electrons. The van der Waals surface area contributed by atoms with Crippen LogP contribution in [0.25, 0.3) is 0 Å². The molecule has 1 aromatic rings. The van der Waals surface area contributed by atoms with Crippen LogP contribution >= 0.6 is 0 Å². The molecule has 1 radical (unpaired) electrons. The van der Waals surface area contributed by atoms with Gasteiger partial charge in [-0.3, -0.25) is 0 Å². The molecule has 0 amide bonds. The monoisotopic (exact) mass is 152 g/mol. The first-order chi connectivity index (χ1) is 5.36. The van der Waals surface area contributed by atoms with E-state index in [0.717, 1.165) is 12.2 Å². The first kappa shape index (κ1) is 6.46. The van der Waals surface area contributed by atoms with Crippen molar-refractivity contribution in [1.29, 1.82) is 0 Å². The van der Waals surface area contributed by atoms with Gasteiger partial charge in [0.15, 0.2) is 0 Å². The van der Waals surface area contributed by atoms with Crippen LogP contribution in [0.2, 0.25) is 0 Å². The van der Waals surface area contributed by atoms with Crippen LogP contribution in [0, 0.1) is 11.9 Å². The molecule has 0 fully saturated rings. The molecule has 0 saturated heterocycles. The lowest BCUT2D eigenvalue weighted by atomic mass is 10.2. The predicted molar refractivity (Wildman–Crippen MR) is 39.2 cm³/mol. The highest BCUT2D eigenvalue weighted by Gasteiger charge is 2.09. The molecule has 0 spiro atoms. The summed E-state index contributed by atoms with van der Waals surface area (Å²) in [5, 5.41) is 3.07. The van der Waals surface area contributed by atoms with E-state index in [9.17, 15) is 4.39 Å². The number of ether oxygens (including phenoxy) is 1. The lowest BCUT2D eigenvalue weighted by Gasteiger charge is -2.18. The zero-order valence-electron chi connectivity index (χ0n) is 5.86. The molecule has 0 aliphatic carbocycles. The largest absolute Gasteiger partial charge is 0.489 e. The van der Waals surface area contributed by atoms with Gasteiger partial charge in [-0.05, 0) is 6.07 Å². The number of hydrogen-bond acceptors (Lipinski definition) is 2. The van der Waals surface area contributed by atoms with Crippen molar-refractivity contribution >= 4 is 5.69 Å². The Morgan fingerprint density at radius 2 is 2.55 bits per heavy atom. The van der Waals surface area contributed by atoms with Crippen molar-refractivity contribution in [3.63, 3.8) is 0 Å². The summed E-state index contributed by atoms with van der Waals surface area (Å²) in [4.78, 5) is 0. The van der Waals surface area contributed by atoms with Crippen LogP contribution in [0.1, 0.15) is 0 Å². The third-order valence-corrected chi connectivity index (χ3v) is 1.55. The van der Waals surface area contributed by atoms with Crippen LogP contribution in [0.15, 0.2) is 12.1 Å². The van der Waals surface area contributed by atoms with Crippen molar-refractivity contribution in [3.8, 4) is 5.75 Å². The Bertz CT molecular complexity index is 275. The van der Waals surface area contributed by atoms with Crippen LogP contribution < -0.4 is 10.1 Å². The second-order valence-corrected chi connectivity index (χ2v) is 2.33. The fraction of sp³-hybridized carbons (Fsp3) is 0.250. The van der Waals surface area contributed by atoms with Gasteiger partial charge in [0, 0.05) is 18.7 Å². The minimum Gasteiger partial charge on any atom is -0.489 e. The summed E-state index contributed by atoms with van der Waals surface area (Å²) in [7, 11) is 0. The van der Waals surface area contributed by atoms with Crippen LogP contribution in [0.5, 0.6) is 5.75 Å². The summed E-state index contributed by atoms with van der Waals surface area (Å²) in [6.45, 7) is 1.36. The van der Waals surface area contributed by atoms with Gasteiger partial charge >= 0.3 is 0 Å². The van der Waals surface area contributed by atoms with E-state index in [1.807, 2.05) is 0 Å². The van der Waals surface area contributed by atoms with E-state index in [4.69, 9.17) is 4.74 Å². The van der Waals surface area contributed by atoms with Gasteiger partial charge in [-0.2, -0.15) is 0 Å². The molecule has 0 aromatic heterocycles. The smallest absolute Gasteiger partial charge is 0.145 e. The van der Waals surface area contributed by atoms with Crippen LogP contribution in [-0.2, 0) is 0 Å².